The average molecular weight is 262 g/mol. The van der Waals surface area contributed by atoms with E-state index < -0.39 is 0 Å². The van der Waals surface area contributed by atoms with Gasteiger partial charge >= 0.3 is 0 Å². The van der Waals surface area contributed by atoms with Crippen LogP contribution in [-0.4, -0.2) is 29.7 Å². The molecule has 6 nitrogen and oxygen atoms in total. The van der Waals surface area contributed by atoms with Crippen LogP contribution >= 0.6 is 0 Å². The summed E-state index contributed by atoms with van der Waals surface area (Å²) in [5.74, 6) is 0.659. The van der Waals surface area contributed by atoms with Crippen LogP contribution < -0.4 is 0 Å². The van der Waals surface area contributed by atoms with Gasteiger partial charge in [-0.15, -0.1) is 0 Å². The number of fused-ring (bicyclic) bond motifs is 1. The number of nitrogens with one attached hydrogen (secondary N) is 1. The lowest BCUT2D eigenvalue weighted by molar-refractivity contribution is 1.06. The SMILES string of the molecule is c1cnc2c(c1)ccn2-c1ccc(-c2ncn[nH]2)nc1. The fraction of sp³-hybridized carbons (Fsp3) is 0. The normalized spacial score (nSPS) is 11.0. The molecule has 20 heavy (non-hydrogen) atoms. The lowest BCUT2D eigenvalue weighted by Crippen LogP contribution is -1.95. The molecule has 0 saturated heterocycles. The van der Waals surface area contributed by atoms with Crippen molar-refractivity contribution in [2.45, 2.75) is 0 Å². The predicted octanol–water partition coefficient (Wildman–Crippen LogP) is 2.21. The van der Waals surface area contributed by atoms with Gasteiger partial charge in [0.1, 0.15) is 17.7 Å². The highest BCUT2D eigenvalue weighted by atomic mass is 15.2. The molecule has 4 aromatic heterocycles. The van der Waals surface area contributed by atoms with E-state index >= 15 is 0 Å². The van der Waals surface area contributed by atoms with E-state index in [0.29, 0.717) is 5.82 Å². The number of aromatic nitrogens is 6. The maximum Gasteiger partial charge on any atom is 0.174 e. The minimum absolute atomic E-state index is 0.659. The first kappa shape index (κ1) is 10.9. The quantitative estimate of drug-likeness (QED) is 0.601. The number of H-pyrrole nitrogens is 1. The third-order valence-corrected chi connectivity index (χ3v) is 3.13. The Morgan fingerprint density at radius 3 is 2.80 bits per heavy atom. The van der Waals surface area contributed by atoms with Crippen molar-refractivity contribution in [1.82, 2.24) is 29.7 Å². The van der Waals surface area contributed by atoms with Gasteiger partial charge in [-0.2, -0.15) is 5.10 Å². The lowest BCUT2D eigenvalue weighted by Gasteiger charge is -2.04. The van der Waals surface area contributed by atoms with Crippen molar-refractivity contribution in [3.8, 4) is 17.2 Å². The summed E-state index contributed by atoms with van der Waals surface area (Å²) in [6, 6.07) is 9.89. The summed E-state index contributed by atoms with van der Waals surface area (Å²) in [7, 11) is 0. The van der Waals surface area contributed by atoms with E-state index in [1.54, 1.807) is 12.4 Å². The van der Waals surface area contributed by atoms with Crippen LogP contribution in [0.4, 0.5) is 0 Å². The molecule has 96 valence electrons. The summed E-state index contributed by atoms with van der Waals surface area (Å²) in [6.45, 7) is 0. The molecular formula is C14H10N6. The minimum Gasteiger partial charge on any atom is -0.300 e. The van der Waals surface area contributed by atoms with Crippen LogP contribution in [-0.2, 0) is 0 Å². The number of aromatic amines is 1. The van der Waals surface area contributed by atoms with Crippen LogP contribution in [0.1, 0.15) is 0 Å². The van der Waals surface area contributed by atoms with Crippen LogP contribution in [0.5, 0.6) is 0 Å². The second-order valence-corrected chi connectivity index (χ2v) is 4.34. The monoisotopic (exact) mass is 262 g/mol. The Hall–Kier alpha value is -3.02. The van der Waals surface area contributed by atoms with Gasteiger partial charge in [0, 0.05) is 17.8 Å². The van der Waals surface area contributed by atoms with E-state index in [2.05, 4.69) is 25.1 Å². The summed E-state index contributed by atoms with van der Waals surface area (Å²) >= 11 is 0. The van der Waals surface area contributed by atoms with Gasteiger partial charge in [-0.05, 0) is 30.3 Å². The molecule has 0 fully saturated rings. The molecule has 0 amide bonds. The third-order valence-electron chi connectivity index (χ3n) is 3.13. The van der Waals surface area contributed by atoms with Gasteiger partial charge in [-0.25, -0.2) is 9.97 Å². The van der Waals surface area contributed by atoms with Gasteiger partial charge in [0.05, 0.1) is 11.9 Å². The van der Waals surface area contributed by atoms with Crippen molar-refractivity contribution >= 4 is 11.0 Å². The molecule has 0 unspecified atom stereocenters. The van der Waals surface area contributed by atoms with E-state index in [1.807, 2.05) is 41.1 Å². The van der Waals surface area contributed by atoms with Crippen molar-refractivity contribution in [1.29, 1.82) is 0 Å². The smallest absolute Gasteiger partial charge is 0.174 e. The van der Waals surface area contributed by atoms with Gasteiger partial charge in [-0.1, -0.05) is 0 Å². The molecule has 0 aliphatic heterocycles. The topological polar surface area (TPSA) is 72.3 Å². The number of hydrogen-bond donors (Lipinski definition) is 1. The lowest BCUT2D eigenvalue weighted by atomic mass is 10.3. The molecule has 0 atom stereocenters. The third kappa shape index (κ3) is 1.66. The Kier molecular flexibility index (Phi) is 2.32. The summed E-state index contributed by atoms with van der Waals surface area (Å²) in [6.07, 6.45) is 7.04. The van der Waals surface area contributed by atoms with E-state index in [1.165, 1.54) is 6.33 Å². The van der Waals surface area contributed by atoms with Crippen LogP contribution in [0.15, 0.2) is 55.2 Å². The fourth-order valence-electron chi connectivity index (χ4n) is 2.17. The Labute approximate surface area is 114 Å². The molecule has 4 aromatic rings. The highest BCUT2D eigenvalue weighted by molar-refractivity contribution is 5.77. The summed E-state index contributed by atoms with van der Waals surface area (Å²) in [5.41, 5.74) is 2.64. The standard InChI is InChI=1S/C14H10N6/c1-2-10-5-7-20(14(10)15-6-1)11-3-4-12(16-8-11)13-17-9-18-19-13/h1-9H,(H,17,18,19). The Morgan fingerprint density at radius 1 is 1.00 bits per heavy atom. The second-order valence-electron chi connectivity index (χ2n) is 4.34. The van der Waals surface area contributed by atoms with Crippen LogP contribution in [0.2, 0.25) is 0 Å². The van der Waals surface area contributed by atoms with Crippen molar-refractivity contribution in [3.63, 3.8) is 0 Å². The summed E-state index contributed by atoms with van der Waals surface area (Å²) in [4.78, 5) is 12.9. The zero-order chi connectivity index (χ0) is 13.4. The van der Waals surface area contributed by atoms with Crippen LogP contribution in [0, 0.1) is 0 Å². The Bertz CT molecular complexity index is 845. The molecule has 0 aliphatic carbocycles. The van der Waals surface area contributed by atoms with Crippen molar-refractivity contribution in [2.24, 2.45) is 0 Å². The van der Waals surface area contributed by atoms with Crippen molar-refractivity contribution < 1.29 is 0 Å². The first-order valence-electron chi connectivity index (χ1n) is 6.16. The molecule has 0 radical (unpaired) electrons. The molecule has 4 heterocycles. The fourth-order valence-corrected chi connectivity index (χ4v) is 2.17. The van der Waals surface area contributed by atoms with Crippen LogP contribution in [0.3, 0.4) is 0 Å². The van der Waals surface area contributed by atoms with E-state index in [4.69, 9.17) is 0 Å². The van der Waals surface area contributed by atoms with E-state index in [-0.39, 0.29) is 0 Å². The Balaban J connectivity index is 1.79. The van der Waals surface area contributed by atoms with Gasteiger partial charge in [0.2, 0.25) is 0 Å². The molecule has 0 aliphatic rings. The summed E-state index contributed by atoms with van der Waals surface area (Å²) < 4.78 is 2.01. The average Bonchev–Trinajstić information content (AvgIpc) is 3.17. The maximum atomic E-state index is 4.40. The first-order valence-corrected chi connectivity index (χ1v) is 6.16. The highest BCUT2D eigenvalue weighted by Gasteiger charge is 2.06. The molecule has 6 heteroatoms. The van der Waals surface area contributed by atoms with Crippen molar-refractivity contribution in [2.75, 3.05) is 0 Å². The van der Waals surface area contributed by atoms with Crippen molar-refractivity contribution in [3.05, 3.63) is 55.2 Å². The number of pyridine rings is 2. The predicted molar refractivity (Wildman–Crippen MR) is 74.2 cm³/mol. The van der Waals surface area contributed by atoms with Crippen LogP contribution in [0.25, 0.3) is 28.2 Å². The molecule has 0 spiro atoms. The molecule has 1 N–H and O–H groups in total. The Morgan fingerprint density at radius 2 is 2.00 bits per heavy atom. The zero-order valence-corrected chi connectivity index (χ0v) is 10.4. The van der Waals surface area contributed by atoms with Gasteiger partial charge in [-0.3, -0.25) is 14.6 Å². The van der Waals surface area contributed by atoms with E-state index in [0.717, 1.165) is 22.4 Å². The maximum absolute atomic E-state index is 4.40. The number of rotatable bonds is 2. The van der Waals surface area contributed by atoms with Gasteiger partial charge < -0.3 is 0 Å². The number of nitrogens with zero attached hydrogens (tertiary/aromatic N) is 5. The molecule has 0 bridgehead atoms. The molecule has 0 saturated carbocycles. The largest absolute Gasteiger partial charge is 0.300 e. The minimum atomic E-state index is 0.659. The second kappa shape index (κ2) is 4.27. The molecular weight excluding hydrogens is 252 g/mol. The number of hydrogen-bond acceptors (Lipinski definition) is 4. The molecule has 0 aromatic carbocycles. The zero-order valence-electron chi connectivity index (χ0n) is 10.4. The first-order chi connectivity index (χ1) is 9.92. The highest BCUT2D eigenvalue weighted by Crippen LogP contribution is 2.19. The van der Waals surface area contributed by atoms with E-state index in [9.17, 15) is 0 Å². The molecule has 4 rings (SSSR count). The van der Waals surface area contributed by atoms with Gasteiger partial charge in [0.15, 0.2) is 5.82 Å². The van der Waals surface area contributed by atoms with Gasteiger partial charge in [0.25, 0.3) is 0 Å². The summed E-state index contributed by atoms with van der Waals surface area (Å²) in [5, 5.41) is 7.72.